The molecule has 0 bridgehead atoms. The van der Waals surface area contributed by atoms with Crippen LogP contribution in [0.25, 0.3) is 0 Å². The third kappa shape index (κ3) is 4.86. The van der Waals surface area contributed by atoms with Crippen LogP contribution in [0.5, 0.6) is 0 Å². The van der Waals surface area contributed by atoms with Crippen molar-refractivity contribution in [2.45, 2.75) is 51.4 Å². The van der Waals surface area contributed by atoms with E-state index in [1.807, 2.05) is 29.2 Å². The van der Waals surface area contributed by atoms with Gasteiger partial charge in [-0.15, -0.1) is 12.4 Å². The smallest absolute Gasteiger partial charge is 0.321 e. The van der Waals surface area contributed by atoms with E-state index in [9.17, 15) is 9.59 Å². The molecular formula is C22H33ClN4O2. The Morgan fingerprint density at radius 2 is 1.59 bits per heavy atom. The average molecular weight is 421 g/mol. The molecule has 0 aromatic heterocycles. The number of urea groups is 1. The van der Waals surface area contributed by atoms with E-state index in [-0.39, 0.29) is 29.8 Å². The number of fused-ring (bicyclic) bond motifs is 1. The summed E-state index contributed by atoms with van der Waals surface area (Å²) in [5.41, 5.74) is 1.31. The summed E-state index contributed by atoms with van der Waals surface area (Å²) in [5.74, 6) is 0.594. The average Bonchev–Trinajstić information content (AvgIpc) is 2.97. The van der Waals surface area contributed by atoms with Crippen molar-refractivity contribution < 1.29 is 9.59 Å². The van der Waals surface area contributed by atoms with E-state index in [1.54, 1.807) is 0 Å². The van der Waals surface area contributed by atoms with Crippen LogP contribution in [-0.4, -0.2) is 43.0 Å². The van der Waals surface area contributed by atoms with Gasteiger partial charge in [0, 0.05) is 31.0 Å². The lowest BCUT2D eigenvalue weighted by Gasteiger charge is -2.37. The van der Waals surface area contributed by atoms with E-state index in [0.29, 0.717) is 5.92 Å². The Labute approximate surface area is 179 Å². The predicted molar refractivity (Wildman–Crippen MR) is 119 cm³/mol. The van der Waals surface area contributed by atoms with Gasteiger partial charge in [0.05, 0.1) is 5.41 Å². The van der Waals surface area contributed by atoms with Crippen LogP contribution in [0.4, 0.5) is 16.2 Å². The predicted octanol–water partition coefficient (Wildman–Crippen LogP) is 4.23. The topological polar surface area (TPSA) is 73.5 Å². The minimum atomic E-state index is -0.252. The summed E-state index contributed by atoms with van der Waals surface area (Å²) in [6, 6.07) is 7.47. The molecule has 160 valence electrons. The molecule has 29 heavy (non-hydrogen) atoms. The van der Waals surface area contributed by atoms with E-state index in [2.05, 4.69) is 16.0 Å². The molecule has 0 radical (unpaired) electrons. The van der Waals surface area contributed by atoms with E-state index in [0.717, 1.165) is 69.7 Å². The third-order valence-corrected chi connectivity index (χ3v) is 6.78. The van der Waals surface area contributed by atoms with Crippen molar-refractivity contribution in [3.63, 3.8) is 0 Å². The molecular weight excluding hydrogens is 388 g/mol. The highest BCUT2D eigenvalue weighted by Gasteiger charge is 2.49. The van der Waals surface area contributed by atoms with Crippen molar-refractivity contribution in [1.82, 2.24) is 10.2 Å². The zero-order chi connectivity index (χ0) is 19.4. The maximum Gasteiger partial charge on any atom is 0.321 e. The molecule has 2 aliphatic heterocycles. The van der Waals surface area contributed by atoms with Crippen LogP contribution in [0.15, 0.2) is 24.3 Å². The van der Waals surface area contributed by atoms with Crippen LogP contribution >= 0.6 is 12.4 Å². The first-order valence-electron chi connectivity index (χ1n) is 10.9. The number of carbonyl (C=O) groups excluding carboxylic acids is 2. The number of amides is 3. The van der Waals surface area contributed by atoms with Crippen molar-refractivity contribution >= 4 is 35.7 Å². The van der Waals surface area contributed by atoms with Crippen molar-refractivity contribution in [3.8, 4) is 0 Å². The van der Waals surface area contributed by atoms with Crippen molar-refractivity contribution in [3.05, 3.63) is 24.3 Å². The molecule has 2 atom stereocenters. The first kappa shape index (κ1) is 21.9. The van der Waals surface area contributed by atoms with Crippen LogP contribution in [0.1, 0.15) is 51.4 Å². The van der Waals surface area contributed by atoms with E-state index in [4.69, 9.17) is 0 Å². The normalized spacial score (nSPS) is 26.6. The Balaban J connectivity index is 0.00000240. The second-order valence-electron chi connectivity index (χ2n) is 8.59. The zero-order valence-electron chi connectivity index (χ0n) is 17.0. The highest BCUT2D eigenvalue weighted by Crippen LogP contribution is 2.44. The molecule has 3 amide bonds. The molecule has 1 aromatic rings. The van der Waals surface area contributed by atoms with Gasteiger partial charge >= 0.3 is 6.03 Å². The first-order chi connectivity index (χ1) is 13.7. The van der Waals surface area contributed by atoms with Crippen molar-refractivity contribution in [1.29, 1.82) is 0 Å². The van der Waals surface area contributed by atoms with Gasteiger partial charge in [0.25, 0.3) is 0 Å². The second-order valence-corrected chi connectivity index (χ2v) is 8.59. The van der Waals surface area contributed by atoms with Crippen LogP contribution in [0, 0.1) is 11.3 Å². The third-order valence-electron chi connectivity index (χ3n) is 6.78. The Bertz CT molecular complexity index is 703. The first-order valence-corrected chi connectivity index (χ1v) is 10.9. The molecule has 7 heteroatoms. The number of anilines is 2. The summed E-state index contributed by atoms with van der Waals surface area (Å²) >= 11 is 0. The molecule has 3 fully saturated rings. The number of halogens is 1. The Kier molecular flexibility index (Phi) is 7.41. The summed E-state index contributed by atoms with van der Waals surface area (Å²) in [4.78, 5) is 27.4. The number of benzene rings is 1. The van der Waals surface area contributed by atoms with Gasteiger partial charge in [-0.25, -0.2) is 4.79 Å². The van der Waals surface area contributed by atoms with Gasteiger partial charge < -0.3 is 20.9 Å². The van der Waals surface area contributed by atoms with Crippen LogP contribution in [-0.2, 0) is 4.79 Å². The fourth-order valence-electron chi connectivity index (χ4n) is 5.06. The highest BCUT2D eigenvalue weighted by atomic mass is 35.5. The number of rotatable bonds is 3. The lowest BCUT2D eigenvalue weighted by Crippen LogP contribution is -2.44. The van der Waals surface area contributed by atoms with Crippen LogP contribution < -0.4 is 16.0 Å². The van der Waals surface area contributed by atoms with E-state index < -0.39 is 0 Å². The lowest BCUT2D eigenvalue weighted by atomic mass is 9.67. The largest absolute Gasteiger partial charge is 0.326 e. The molecule has 2 saturated heterocycles. The van der Waals surface area contributed by atoms with Gasteiger partial charge in [0.2, 0.25) is 5.91 Å². The number of likely N-dealkylation sites (tertiary alicyclic amines) is 1. The second kappa shape index (κ2) is 9.81. The Morgan fingerprint density at radius 1 is 0.931 bits per heavy atom. The van der Waals surface area contributed by atoms with E-state index in [1.165, 1.54) is 19.3 Å². The Hall–Kier alpha value is -1.79. The number of carbonyl (C=O) groups is 2. The molecule has 6 nitrogen and oxygen atoms in total. The van der Waals surface area contributed by atoms with E-state index >= 15 is 0 Å². The fourth-order valence-corrected chi connectivity index (χ4v) is 5.06. The molecule has 3 N–H and O–H groups in total. The summed E-state index contributed by atoms with van der Waals surface area (Å²) < 4.78 is 0. The summed E-state index contributed by atoms with van der Waals surface area (Å²) in [6.07, 6.45) is 9.04. The molecule has 3 aliphatic rings. The number of nitrogens with one attached hydrogen (secondary N) is 3. The van der Waals surface area contributed by atoms with Gasteiger partial charge in [-0.05, 0) is 62.4 Å². The monoisotopic (exact) mass is 420 g/mol. The molecule has 0 spiro atoms. The highest BCUT2D eigenvalue weighted by molar-refractivity contribution is 5.96. The van der Waals surface area contributed by atoms with Crippen LogP contribution in [0.2, 0.25) is 0 Å². The molecule has 1 aliphatic carbocycles. The SMILES string of the molecule is Cl.O=C(Nc1ccc(NC(=O)[C@@]23CCCC[C@H]2CNC3)cc1)N1CCCCCC1. The van der Waals surface area contributed by atoms with Gasteiger partial charge in [-0.1, -0.05) is 25.7 Å². The summed E-state index contributed by atoms with van der Waals surface area (Å²) in [5, 5.41) is 9.53. The van der Waals surface area contributed by atoms with Gasteiger partial charge in [-0.2, -0.15) is 0 Å². The molecule has 4 rings (SSSR count). The summed E-state index contributed by atoms with van der Waals surface area (Å²) in [7, 11) is 0. The lowest BCUT2D eigenvalue weighted by molar-refractivity contribution is -0.128. The van der Waals surface area contributed by atoms with Gasteiger partial charge in [-0.3, -0.25) is 4.79 Å². The zero-order valence-corrected chi connectivity index (χ0v) is 17.9. The standard InChI is InChI=1S/C22H32N4O2.ClH/c27-20(22-12-4-3-7-17(22)15-23-16-22)24-18-8-10-19(11-9-18)25-21(28)26-13-5-1-2-6-14-26;/h8-11,17,23H,1-7,12-16H2,(H,24,27)(H,25,28);1H/t17-,22+;/m0./s1. The minimum absolute atomic E-state index is 0. The quantitative estimate of drug-likeness (QED) is 0.684. The van der Waals surface area contributed by atoms with Gasteiger partial charge in [0.15, 0.2) is 0 Å². The van der Waals surface area contributed by atoms with Gasteiger partial charge in [0.1, 0.15) is 0 Å². The maximum atomic E-state index is 13.0. The minimum Gasteiger partial charge on any atom is -0.326 e. The fraction of sp³-hybridized carbons (Fsp3) is 0.636. The maximum absolute atomic E-state index is 13.0. The number of hydrogen-bond donors (Lipinski definition) is 3. The Morgan fingerprint density at radius 3 is 2.28 bits per heavy atom. The summed E-state index contributed by atoms with van der Waals surface area (Å²) in [6.45, 7) is 3.40. The molecule has 1 saturated carbocycles. The molecule has 2 heterocycles. The molecule has 0 unspecified atom stereocenters. The number of hydrogen-bond acceptors (Lipinski definition) is 3. The number of nitrogens with zero attached hydrogens (tertiary/aromatic N) is 1. The molecule has 1 aromatic carbocycles. The van der Waals surface area contributed by atoms with Crippen molar-refractivity contribution in [2.75, 3.05) is 36.8 Å². The van der Waals surface area contributed by atoms with Crippen molar-refractivity contribution in [2.24, 2.45) is 11.3 Å². The van der Waals surface area contributed by atoms with Crippen LogP contribution in [0.3, 0.4) is 0 Å².